The Hall–Kier alpha value is -1.48. The minimum atomic E-state index is 0.289. The van der Waals surface area contributed by atoms with Gasteiger partial charge in [0.2, 0.25) is 5.88 Å². The van der Waals surface area contributed by atoms with Crippen LogP contribution >= 0.6 is 11.6 Å². The molecule has 1 heterocycles. The lowest BCUT2D eigenvalue weighted by atomic mass is 10.1. The van der Waals surface area contributed by atoms with Gasteiger partial charge in [-0.15, -0.1) is 0 Å². The predicted molar refractivity (Wildman–Crippen MR) is 56.1 cm³/mol. The van der Waals surface area contributed by atoms with Gasteiger partial charge in [-0.3, -0.25) is 0 Å². The van der Waals surface area contributed by atoms with Gasteiger partial charge in [0.15, 0.2) is 0 Å². The minimum Gasteiger partial charge on any atom is -0.368 e. The van der Waals surface area contributed by atoms with Crippen molar-refractivity contribution in [3.05, 3.63) is 34.9 Å². The molecular weight excluding hydrogens is 200 g/mol. The van der Waals surface area contributed by atoms with Gasteiger partial charge in [0.05, 0.1) is 5.02 Å². The van der Waals surface area contributed by atoms with E-state index in [4.69, 9.17) is 21.9 Å². The van der Waals surface area contributed by atoms with Gasteiger partial charge in [0, 0.05) is 11.6 Å². The number of nitrogens with zero attached hydrogens (tertiary/aromatic N) is 1. The van der Waals surface area contributed by atoms with Crippen molar-refractivity contribution in [2.75, 3.05) is 5.73 Å². The summed E-state index contributed by atoms with van der Waals surface area (Å²) < 4.78 is 4.78. The Morgan fingerprint density at radius 1 is 1.36 bits per heavy atom. The molecule has 0 aliphatic carbocycles. The second-order valence-electron chi connectivity index (χ2n) is 3.10. The number of nitrogens with two attached hydrogens (primary N) is 1. The van der Waals surface area contributed by atoms with Crippen molar-refractivity contribution in [3.8, 4) is 11.3 Å². The number of benzene rings is 1. The molecule has 1 aromatic carbocycles. The summed E-state index contributed by atoms with van der Waals surface area (Å²) in [4.78, 5) is 0. The molecule has 2 N–H and O–H groups in total. The van der Waals surface area contributed by atoms with Crippen molar-refractivity contribution in [3.63, 3.8) is 0 Å². The van der Waals surface area contributed by atoms with Crippen LogP contribution in [-0.4, -0.2) is 5.16 Å². The number of nitrogen functional groups attached to an aromatic ring is 1. The molecule has 1 aromatic heterocycles. The number of rotatable bonds is 1. The number of hydrogen-bond acceptors (Lipinski definition) is 3. The quantitative estimate of drug-likeness (QED) is 0.784. The summed E-state index contributed by atoms with van der Waals surface area (Å²) in [5.41, 5.74) is 8.05. The standard InChI is InChI=1S/C10H9ClN2O/c1-6-2-3-8(11)7(4-6)9-5-10(12)14-13-9/h2-5H,12H2,1H3. The van der Waals surface area contributed by atoms with E-state index in [1.807, 2.05) is 25.1 Å². The number of hydrogen-bond donors (Lipinski definition) is 1. The van der Waals surface area contributed by atoms with Crippen molar-refractivity contribution >= 4 is 17.5 Å². The van der Waals surface area contributed by atoms with E-state index in [1.165, 1.54) is 0 Å². The first-order valence-electron chi connectivity index (χ1n) is 4.15. The Bertz CT molecular complexity index is 465. The topological polar surface area (TPSA) is 52.0 Å². The van der Waals surface area contributed by atoms with Gasteiger partial charge in [0.1, 0.15) is 5.69 Å². The maximum absolute atomic E-state index is 6.02. The van der Waals surface area contributed by atoms with Crippen molar-refractivity contribution in [2.24, 2.45) is 0 Å². The number of aromatic nitrogens is 1. The Morgan fingerprint density at radius 2 is 2.14 bits per heavy atom. The number of aryl methyl sites for hydroxylation is 1. The van der Waals surface area contributed by atoms with Gasteiger partial charge in [-0.2, -0.15) is 0 Å². The van der Waals surface area contributed by atoms with Gasteiger partial charge in [-0.05, 0) is 19.1 Å². The van der Waals surface area contributed by atoms with Gasteiger partial charge in [-0.1, -0.05) is 28.4 Å². The summed E-state index contributed by atoms with van der Waals surface area (Å²) in [5.74, 6) is 0.289. The first-order chi connectivity index (χ1) is 6.66. The third-order valence-electron chi connectivity index (χ3n) is 1.93. The highest BCUT2D eigenvalue weighted by Crippen LogP contribution is 2.28. The van der Waals surface area contributed by atoms with Crippen LogP contribution in [0.3, 0.4) is 0 Å². The maximum Gasteiger partial charge on any atom is 0.222 e. The first-order valence-corrected chi connectivity index (χ1v) is 4.53. The molecule has 0 bridgehead atoms. The Kier molecular flexibility index (Phi) is 2.17. The van der Waals surface area contributed by atoms with Crippen LogP contribution in [0.25, 0.3) is 11.3 Å². The molecule has 4 heteroatoms. The van der Waals surface area contributed by atoms with Crippen molar-refractivity contribution < 1.29 is 4.52 Å². The second-order valence-corrected chi connectivity index (χ2v) is 3.51. The fourth-order valence-electron chi connectivity index (χ4n) is 1.25. The summed E-state index contributed by atoms with van der Waals surface area (Å²) in [6.07, 6.45) is 0. The van der Waals surface area contributed by atoms with E-state index in [0.717, 1.165) is 11.1 Å². The largest absolute Gasteiger partial charge is 0.368 e. The van der Waals surface area contributed by atoms with E-state index < -0.39 is 0 Å². The van der Waals surface area contributed by atoms with Crippen molar-refractivity contribution in [2.45, 2.75) is 6.92 Å². The molecule has 14 heavy (non-hydrogen) atoms. The van der Waals surface area contributed by atoms with Gasteiger partial charge < -0.3 is 10.3 Å². The molecular formula is C10H9ClN2O. The third-order valence-corrected chi connectivity index (χ3v) is 2.26. The molecule has 0 saturated heterocycles. The molecule has 0 aliphatic rings. The van der Waals surface area contributed by atoms with Crippen LogP contribution in [0.2, 0.25) is 5.02 Å². The molecule has 2 aromatic rings. The molecule has 72 valence electrons. The number of halogens is 1. The van der Waals surface area contributed by atoms with E-state index in [0.29, 0.717) is 10.7 Å². The number of anilines is 1. The zero-order valence-corrected chi connectivity index (χ0v) is 8.38. The lowest BCUT2D eigenvalue weighted by molar-refractivity contribution is 0.439. The molecule has 0 unspecified atom stereocenters. The highest BCUT2D eigenvalue weighted by Gasteiger charge is 2.08. The van der Waals surface area contributed by atoms with Gasteiger partial charge >= 0.3 is 0 Å². The summed E-state index contributed by atoms with van der Waals surface area (Å²) in [6.45, 7) is 1.99. The molecule has 0 spiro atoms. The molecule has 3 nitrogen and oxygen atoms in total. The van der Waals surface area contributed by atoms with E-state index >= 15 is 0 Å². The van der Waals surface area contributed by atoms with Crippen LogP contribution in [0.4, 0.5) is 5.88 Å². The monoisotopic (exact) mass is 208 g/mol. The predicted octanol–water partition coefficient (Wildman–Crippen LogP) is 2.89. The highest BCUT2D eigenvalue weighted by atomic mass is 35.5. The third kappa shape index (κ3) is 1.59. The summed E-state index contributed by atoms with van der Waals surface area (Å²) in [6, 6.07) is 7.37. The lowest BCUT2D eigenvalue weighted by Gasteiger charge is -2.00. The molecule has 0 saturated carbocycles. The molecule has 2 rings (SSSR count). The molecule has 0 amide bonds. The average molecular weight is 209 g/mol. The zero-order chi connectivity index (χ0) is 10.1. The summed E-state index contributed by atoms with van der Waals surface area (Å²) in [7, 11) is 0. The fourth-order valence-corrected chi connectivity index (χ4v) is 1.47. The minimum absolute atomic E-state index is 0.289. The highest BCUT2D eigenvalue weighted by molar-refractivity contribution is 6.33. The van der Waals surface area contributed by atoms with Crippen LogP contribution in [0.1, 0.15) is 5.56 Å². The maximum atomic E-state index is 6.02. The second kappa shape index (κ2) is 3.35. The Labute approximate surface area is 86.5 Å². The van der Waals surface area contributed by atoms with E-state index in [2.05, 4.69) is 5.16 Å². The van der Waals surface area contributed by atoms with Crippen LogP contribution in [-0.2, 0) is 0 Å². The van der Waals surface area contributed by atoms with Crippen LogP contribution < -0.4 is 5.73 Å². The SMILES string of the molecule is Cc1ccc(Cl)c(-c2cc(N)on2)c1. The Balaban J connectivity index is 2.55. The van der Waals surface area contributed by atoms with E-state index in [9.17, 15) is 0 Å². The van der Waals surface area contributed by atoms with Crippen LogP contribution in [0, 0.1) is 6.92 Å². The van der Waals surface area contributed by atoms with E-state index in [1.54, 1.807) is 6.07 Å². The molecule has 0 aliphatic heterocycles. The van der Waals surface area contributed by atoms with Crippen LogP contribution in [0.5, 0.6) is 0 Å². The lowest BCUT2D eigenvalue weighted by Crippen LogP contribution is -1.81. The molecule has 0 atom stereocenters. The van der Waals surface area contributed by atoms with Gasteiger partial charge in [-0.25, -0.2) is 0 Å². The summed E-state index contributed by atoms with van der Waals surface area (Å²) in [5, 5.41) is 4.45. The zero-order valence-electron chi connectivity index (χ0n) is 7.62. The van der Waals surface area contributed by atoms with Crippen molar-refractivity contribution in [1.29, 1.82) is 0 Å². The normalized spacial score (nSPS) is 10.4. The van der Waals surface area contributed by atoms with E-state index in [-0.39, 0.29) is 5.88 Å². The Morgan fingerprint density at radius 3 is 2.79 bits per heavy atom. The van der Waals surface area contributed by atoms with Crippen LogP contribution in [0.15, 0.2) is 28.8 Å². The first kappa shape index (κ1) is 9.09. The summed E-state index contributed by atoms with van der Waals surface area (Å²) >= 11 is 6.02. The molecule has 0 radical (unpaired) electrons. The smallest absolute Gasteiger partial charge is 0.222 e. The molecule has 0 fully saturated rings. The average Bonchev–Trinajstić information content (AvgIpc) is 2.56. The van der Waals surface area contributed by atoms with Crippen molar-refractivity contribution in [1.82, 2.24) is 5.16 Å². The fraction of sp³-hybridized carbons (Fsp3) is 0.100. The van der Waals surface area contributed by atoms with Gasteiger partial charge in [0.25, 0.3) is 0 Å².